The number of para-hydroxylation sites is 1. The predicted octanol–water partition coefficient (Wildman–Crippen LogP) is 8.48. The first-order valence-corrected chi connectivity index (χ1v) is 13.0. The Kier molecular flexibility index (Phi) is 5.76. The first-order valence-electron chi connectivity index (χ1n) is 13.0. The van der Waals surface area contributed by atoms with Gasteiger partial charge >= 0.3 is 0 Å². The van der Waals surface area contributed by atoms with Crippen molar-refractivity contribution >= 4 is 10.8 Å². The van der Waals surface area contributed by atoms with E-state index in [0.29, 0.717) is 0 Å². The summed E-state index contributed by atoms with van der Waals surface area (Å²) in [4.78, 5) is 4.75. The Hall–Kier alpha value is -5.35. The summed E-state index contributed by atoms with van der Waals surface area (Å²) < 4.78 is 2.13. The van der Waals surface area contributed by atoms with Crippen molar-refractivity contribution in [1.82, 2.24) is 19.7 Å². The second-order valence-electron chi connectivity index (χ2n) is 9.46. The van der Waals surface area contributed by atoms with Crippen molar-refractivity contribution in [3.63, 3.8) is 0 Å². The maximum Gasteiger partial charge on any atom is 0.168 e. The Bertz CT molecular complexity index is 1880. The summed E-state index contributed by atoms with van der Waals surface area (Å²) in [5.41, 5.74) is 7.39. The maximum atomic E-state index is 4.75. The summed E-state index contributed by atoms with van der Waals surface area (Å²) >= 11 is 0. The van der Waals surface area contributed by atoms with Crippen LogP contribution in [0.2, 0.25) is 0 Å². The average molecular weight is 501 g/mol. The zero-order chi connectivity index (χ0) is 26.0. The SMILES string of the molecule is c1ccc(-c2ccc(-c3ccc4cc(-c5nnc(-c6ccccc6)n5-c5ccccc5)ccc4c3)nc2)cc1. The molecule has 0 fully saturated rings. The summed E-state index contributed by atoms with van der Waals surface area (Å²) in [5, 5.41) is 11.5. The van der Waals surface area contributed by atoms with Crippen LogP contribution in [-0.4, -0.2) is 19.7 Å². The van der Waals surface area contributed by atoms with E-state index in [9.17, 15) is 0 Å². The quantitative estimate of drug-likeness (QED) is 0.238. The molecule has 0 spiro atoms. The van der Waals surface area contributed by atoms with Crippen molar-refractivity contribution in [2.45, 2.75) is 0 Å². The van der Waals surface area contributed by atoms with Gasteiger partial charge < -0.3 is 0 Å². The Morgan fingerprint density at radius 3 is 1.59 bits per heavy atom. The summed E-state index contributed by atoms with van der Waals surface area (Å²) in [7, 11) is 0. The van der Waals surface area contributed by atoms with E-state index in [1.54, 1.807) is 0 Å². The van der Waals surface area contributed by atoms with Gasteiger partial charge in [-0.3, -0.25) is 9.55 Å². The second kappa shape index (κ2) is 9.84. The number of hydrogen-bond acceptors (Lipinski definition) is 3. The molecule has 2 heterocycles. The highest BCUT2D eigenvalue weighted by molar-refractivity contribution is 5.90. The summed E-state index contributed by atoms with van der Waals surface area (Å²) in [6.45, 7) is 0. The van der Waals surface area contributed by atoms with Crippen LogP contribution < -0.4 is 0 Å². The second-order valence-corrected chi connectivity index (χ2v) is 9.46. The Balaban J connectivity index is 1.26. The maximum absolute atomic E-state index is 4.75. The predicted molar refractivity (Wildman–Crippen MR) is 158 cm³/mol. The van der Waals surface area contributed by atoms with Crippen molar-refractivity contribution in [3.8, 4) is 50.8 Å². The number of hydrogen-bond donors (Lipinski definition) is 0. The molecule has 7 rings (SSSR count). The highest BCUT2D eigenvalue weighted by Crippen LogP contribution is 2.32. The van der Waals surface area contributed by atoms with Crippen LogP contribution in [0.4, 0.5) is 0 Å². The molecule has 0 amide bonds. The summed E-state index contributed by atoms with van der Waals surface area (Å²) in [6, 6.07) is 47.9. The molecule has 7 aromatic rings. The number of pyridine rings is 1. The van der Waals surface area contributed by atoms with Crippen LogP contribution in [0.5, 0.6) is 0 Å². The van der Waals surface area contributed by atoms with Gasteiger partial charge in [-0.25, -0.2) is 0 Å². The summed E-state index contributed by atoms with van der Waals surface area (Å²) in [6.07, 6.45) is 1.94. The van der Waals surface area contributed by atoms with Crippen molar-refractivity contribution < 1.29 is 0 Å². The zero-order valence-corrected chi connectivity index (χ0v) is 21.1. The van der Waals surface area contributed by atoms with Crippen LogP contribution in [0, 0.1) is 0 Å². The largest absolute Gasteiger partial charge is 0.275 e. The molecule has 2 aromatic heterocycles. The van der Waals surface area contributed by atoms with Gasteiger partial charge in [0.2, 0.25) is 0 Å². The highest BCUT2D eigenvalue weighted by Gasteiger charge is 2.17. The molecule has 0 bridgehead atoms. The van der Waals surface area contributed by atoms with Crippen LogP contribution in [0.3, 0.4) is 0 Å². The van der Waals surface area contributed by atoms with E-state index in [0.717, 1.165) is 56.1 Å². The van der Waals surface area contributed by atoms with E-state index in [1.165, 1.54) is 5.56 Å². The van der Waals surface area contributed by atoms with Crippen molar-refractivity contribution in [1.29, 1.82) is 0 Å². The molecule has 0 aliphatic carbocycles. The third-order valence-corrected chi connectivity index (χ3v) is 6.97. The lowest BCUT2D eigenvalue weighted by molar-refractivity contribution is 1.07. The molecule has 0 radical (unpaired) electrons. The third-order valence-electron chi connectivity index (χ3n) is 6.97. The van der Waals surface area contributed by atoms with Crippen molar-refractivity contribution in [3.05, 3.63) is 146 Å². The van der Waals surface area contributed by atoms with Gasteiger partial charge in [-0.2, -0.15) is 0 Å². The molecule has 0 atom stereocenters. The number of fused-ring (bicyclic) bond motifs is 1. The van der Waals surface area contributed by atoms with Crippen LogP contribution >= 0.6 is 0 Å². The van der Waals surface area contributed by atoms with Gasteiger partial charge in [0, 0.05) is 34.1 Å². The lowest BCUT2D eigenvalue weighted by atomic mass is 10.0. The fourth-order valence-corrected chi connectivity index (χ4v) is 4.98. The summed E-state index contributed by atoms with van der Waals surface area (Å²) in [5.74, 6) is 1.63. The van der Waals surface area contributed by atoms with Gasteiger partial charge in [-0.05, 0) is 46.7 Å². The van der Waals surface area contributed by atoms with Gasteiger partial charge in [0.1, 0.15) is 0 Å². The minimum Gasteiger partial charge on any atom is -0.275 e. The van der Waals surface area contributed by atoms with Crippen molar-refractivity contribution in [2.24, 2.45) is 0 Å². The van der Waals surface area contributed by atoms with E-state index in [4.69, 9.17) is 4.98 Å². The lowest BCUT2D eigenvalue weighted by Gasteiger charge is -2.12. The number of rotatable bonds is 5. The number of nitrogens with zero attached hydrogens (tertiary/aromatic N) is 4. The Morgan fingerprint density at radius 2 is 0.949 bits per heavy atom. The highest BCUT2D eigenvalue weighted by atomic mass is 15.3. The van der Waals surface area contributed by atoms with Gasteiger partial charge in [0.05, 0.1) is 5.69 Å². The Morgan fingerprint density at radius 1 is 0.410 bits per heavy atom. The van der Waals surface area contributed by atoms with Crippen molar-refractivity contribution in [2.75, 3.05) is 0 Å². The van der Waals surface area contributed by atoms with Crippen LogP contribution in [0.1, 0.15) is 0 Å². The van der Waals surface area contributed by atoms with E-state index >= 15 is 0 Å². The molecule has 0 aliphatic heterocycles. The van der Waals surface area contributed by atoms with Crippen LogP contribution in [0.25, 0.3) is 61.6 Å². The van der Waals surface area contributed by atoms with E-state index in [1.807, 2.05) is 60.8 Å². The topological polar surface area (TPSA) is 43.6 Å². The monoisotopic (exact) mass is 500 g/mol. The van der Waals surface area contributed by atoms with Crippen LogP contribution in [-0.2, 0) is 0 Å². The fraction of sp³-hybridized carbons (Fsp3) is 0. The fourth-order valence-electron chi connectivity index (χ4n) is 4.98. The van der Waals surface area contributed by atoms with Gasteiger partial charge in [-0.15, -0.1) is 10.2 Å². The Labute approximate surface area is 226 Å². The van der Waals surface area contributed by atoms with E-state index < -0.39 is 0 Å². The minimum absolute atomic E-state index is 0.809. The van der Waals surface area contributed by atoms with Gasteiger partial charge in [0.15, 0.2) is 11.6 Å². The number of aromatic nitrogens is 4. The first kappa shape index (κ1) is 22.8. The molecular formula is C35H24N4. The molecule has 0 saturated carbocycles. The average Bonchev–Trinajstić information content (AvgIpc) is 3.47. The third kappa shape index (κ3) is 4.38. The normalized spacial score (nSPS) is 11.1. The molecule has 0 saturated heterocycles. The van der Waals surface area contributed by atoms with Crippen LogP contribution in [0.15, 0.2) is 146 Å². The molecule has 0 unspecified atom stereocenters. The number of benzene rings is 5. The molecule has 4 nitrogen and oxygen atoms in total. The zero-order valence-electron chi connectivity index (χ0n) is 21.1. The minimum atomic E-state index is 0.809. The van der Waals surface area contributed by atoms with E-state index in [2.05, 4.69) is 99.7 Å². The molecule has 4 heteroatoms. The molecule has 0 aliphatic rings. The molecule has 39 heavy (non-hydrogen) atoms. The van der Waals surface area contributed by atoms with Gasteiger partial charge in [-0.1, -0.05) is 109 Å². The van der Waals surface area contributed by atoms with Gasteiger partial charge in [0.25, 0.3) is 0 Å². The smallest absolute Gasteiger partial charge is 0.168 e. The van der Waals surface area contributed by atoms with E-state index in [-0.39, 0.29) is 0 Å². The molecule has 5 aromatic carbocycles. The molecule has 0 N–H and O–H groups in total. The standard InChI is InChI=1S/C35H24N4/c1-4-10-25(11-5-1)31-20-21-33(36-24-31)29-18-16-28-23-30(19-17-27(28)22-29)35-38-37-34(26-12-6-2-7-13-26)39(35)32-14-8-3-9-15-32/h1-24H. The molecular weight excluding hydrogens is 476 g/mol. The first-order chi connectivity index (χ1) is 19.3. The molecule has 184 valence electrons. The lowest BCUT2D eigenvalue weighted by Crippen LogP contribution is -2.00.